The van der Waals surface area contributed by atoms with E-state index in [-0.39, 0.29) is 18.4 Å². The molecule has 0 fully saturated rings. The van der Waals surface area contributed by atoms with Crippen LogP contribution in [0.4, 0.5) is 14.6 Å². The van der Waals surface area contributed by atoms with E-state index in [1.54, 1.807) is 25.6 Å². The second kappa shape index (κ2) is 10.6. The molecule has 9 heteroatoms. The molecule has 0 N–H and O–H groups in total. The summed E-state index contributed by atoms with van der Waals surface area (Å²) in [6.07, 6.45) is 4.29. The van der Waals surface area contributed by atoms with Crippen molar-refractivity contribution in [3.05, 3.63) is 77.6 Å². The molecule has 0 amide bonds. The Labute approximate surface area is 203 Å². The maximum Gasteiger partial charge on any atom is 0.238 e. The Hall–Kier alpha value is -3.88. The average Bonchev–Trinajstić information content (AvgIpc) is 3.30. The van der Waals surface area contributed by atoms with Crippen molar-refractivity contribution in [2.75, 3.05) is 25.2 Å². The van der Waals surface area contributed by atoms with Crippen LogP contribution < -0.4 is 9.64 Å². The van der Waals surface area contributed by atoms with Crippen molar-refractivity contribution in [2.24, 2.45) is 0 Å². The fourth-order valence-corrected chi connectivity index (χ4v) is 4.18. The van der Waals surface area contributed by atoms with Crippen molar-refractivity contribution >= 4 is 5.82 Å². The van der Waals surface area contributed by atoms with Crippen LogP contribution in [0.5, 0.6) is 5.88 Å². The molecule has 1 atom stereocenters. The van der Waals surface area contributed by atoms with Gasteiger partial charge in [0.25, 0.3) is 0 Å². The monoisotopic (exact) mass is 478 g/mol. The fraction of sp³-hybridized carbons (Fsp3) is 0.308. The molecular weight excluding hydrogens is 450 g/mol. The predicted octanol–water partition coefficient (Wildman–Crippen LogP) is 5.42. The van der Waals surface area contributed by atoms with Gasteiger partial charge in [0.15, 0.2) is 5.82 Å². The topological polar surface area (TPSA) is 69.0 Å². The number of methoxy groups -OCH3 is 1. The Morgan fingerprint density at radius 3 is 2.43 bits per heavy atom. The van der Waals surface area contributed by atoms with Crippen LogP contribution in [-0.4, -0.2) is 45.1 Å². The molecule has 7 nitrogen and oxygen atoms in total. The molecule has 1 aromatic carbocycles. The number of imidazole rings is 1. The van der Waals surface area contributed by atoms with Gasteiger partial charge in [0.2, 0.25) is 5.88 Å². The van der Waals surface area contributed by atoms with Gasteiger partial charge in [0.1, 0.15) is 23.9 Å². The standard InChI is InChI=1S/C26H28F2N6O/c1-5-23(19-6-8-20(28)9-7-19)34(13-12-27)25-17(2)14-22(31-32-25)21-10-11-24(26(30-21)35-4)33-15-18(3)29-16-33/h6-11,14-16,23H,5,12-13H2,1-4H3/t23-/m0/s1. The third-order valence-electron chi connectivity index (χ3n) is 5.86. The van der Waals surface area contributed by atoms with E-state index in [1.807, 2.05) is 54.6 Å². The molecule has 35 heavy (non-hydrogen) atoms. The summed E-state index contributed by atoms with van der Waals surface area (Å²) in [5.74, 6) is 0.711. The van der Waals surface area contributed by atoms with Gasteiger partial charge in [-0.1, -0.05) is 19.1 Å². The molecule has 0 aliphatic carbocycles. The van der Waals surface area contributed by atoms with Crippen LogP contribution in [0, 0.1) is 19.7 Å². The van der Waals surface area contributed by atoms with Gasteiger partial charge in [-0.2, -0.15) is 0 Å². The number of ether oxygens (including phenoxy) is 1. The van der Waals surface area contributed by atoms with Gasteiger partial charge in [-0.05, 0) is 61.7 Å². The van der Waals surface area contributed by atoms with Crippen molar-refractivity contribution < 1.29 is 13.5 Å². The number of alkyl halides is 1. The van der Waals surface area contributed by atoms with Crippen molar-refractivity contribution in [1.82, 2.24) is 24.7 Å². The van der Waals surface area contributed by atoms with E-state index < -0.39 is 6.67 Å². The lowest BCUT2D eigenvalue weighted by molar-refractivity contribution is 0.396. The highest BCUT2D eigenvalue weighted by molar-refractivity contribution is 5.61. The first-order valence-electron chi connectivity index (χ1n) is 11.4. The van der Waals surface area contributed by atoms with E-state index in [0.29, 0.717) is 29.5 Å². The van der Waals surface area contributed by atoms with Crippen LogP contribution in [0.2, 0.25) is 0 Å². The highest BCUT2D eigenvalue weighted by Gasteiger charge is 2.23. The number of benzene rings is 1. The van der Waals surface area contributed by atoms with Crippen molar-refractivity contribution in [2.45, 2.75) is 33.2 Å². The Morgan fingerprint density at radius 2 is 1.83 bits per heavy atom. The van der Waals surface area contributed by atoms with Crippen molar-refractivity contribution in [3.8, 4) is 23.0 Å². The molecular formula is C26H28F2N6O. The largest absolute Gasteiger partial charge is 0.479 e. The molecule has 0 aliphatic rings. The van der Waals surface area contributed by atoms with Crippen molar-refractivity contribution in [3.63, 3.8) is 0 Å². The molecule has 0 saturated heterocycles. The molecule has 0 saturated carbocycles. The average molecular weight is 479 g/mol. The quantitative estimate of drug-likeness (QED) is 0.320. The molecule has 0 radical (unpaired) electrons. The van der Waals surface area contributed by atoms with Gasteiger partial charge in [-0.15, -0.1) is 10.2 Å². The molecule has 4 rings (SSSR count). The lowest BCUT2D eigenvalue weighted by Crippen LogP contribution is -2.32. The molecule has 0 spiro atoms. The van der Waals surface area contributed by atoms with E-state index in [4.69, 9.17) is 4.74 Å². The third-order valence-corrected chi connectivity index (χ3v) is 5.86. The van der Waals surface area contributed by atoms with Gasteiger partial charge >= 0.3 is 0 Å². The number of aryl methyl sites for hydroxylation is 2. The van der Waals surface area contributed by atoms with E-state index >= 15 is 0 Å². The zero-order chi connectivity index (χ0) is 24.9. The first kappa shape index (κ1) is 24.3. The summed E-state index contributed by atoms with van der Waals surface area (Å²) in [5.41, 5.74) is 4.55. The van der Waals surface area contributed by atoms with Crippen LogP contribution in [0.3, 0.4) is 0 Å². The van der Waals surface area contributed by atoms with Crippen LogP contribution in [0.1, 0.15) is 36.2 Å². The third kappa shape index (κ3) is 5.13. The Bertz CT molecular complexity index is 1290. The summed E-state index contributed by atoms with van der Waals surface area (Å²) in [7, 11) is 1.56. The molecule has 0 aliphatic heterocycles. The first-order valence-corrected chi connectivity index (χ1v) is 11.4. The number of pyridine rings is 1. The summed E-state index contributed by atoms with van der Waals surface area (Å²) < 4.78 is 34.4. The number of nitrogens with zero attached hydrogens (tertiary/aromatic N) is 6. The maximum absolute atomic E-state index is 13.6. The van der Waals surface area contributed by atoms with Crippen molar-refractivity contribution in [1.29, 1.82) is 0 Å². The zero-order valence-electron chi connectivity index (χ0n) is 20.2. The molecule has 0 unspecified atom stereocenters. The Morgan fingerprint density at radius 1 is 1.06 bits per heavy atom. The number of hydrogen-bond donors (Lipinski definition) is 0. The summed E-state index contributed by atoms with van der Waals surface area (Å²) in [4.78, 5) is 10.8. The number of aromatic nitrogens is 5. The number of rotatable bonds is 9. The van der Waals surface area contributed by atoms with Gasteiger partial charge in [-0.25, -0.2) is 18.7 Å². The highest BCUT2D eigenvalue weighted by atomic mass is 19.1. The van der Waals surface area contributed by atoms with E-state index in [9.17, 15) is 8.78 Å². The molecule has 3 aromatic heterocycles. The molecule has 0 bridgehead atoms. The molecule has 3 heterocycles. The minimum absolute atomic E-state index is 0.149. The summed E-state index contributed by atoms with van der Waals surface area (Å²) >= 11 is 0. The first-order chi connectivity index (χ1) is 16.9. The van der Waals surface area contributed by atoms with E-state index in [2.05, 4.69) is 20.2 Å². The van der Waals surface area contributed by atoms with Gasteiger partial charge in [0, 0.05) is 12.7 Å². The van der Waals surface area contributed by atoms with Gasteiger partial charge < -0.3 is 14.2 Å². The van der Waals surface area contributed by atoms with Crippen LogP contribution in [-0.2, 0) is 0 Å². The number of halogens is 2. The highest BCUT2D eigenvalue weighted by Crippen LogP contribution is 2.32. The van der Waals surface area contributed by atoms with Crippen LogP contribution in [0.25, 0.3) is 17.1 Å². The van der Waals surface area contributed by atoms with Gasteiger partial charge in [-0.3, -0.25) is 0 Å². The zero-order valence-corrected chi connectivity index (χ0v) is 20.2. The Kier molecular flexibility index (Phi) is 7.33. The molecule has 4 aromatic rings. The summed E-state index contributed by atoms with van der Waals surface area (Å²) in [6.45, 7) is 5.44. The summed E-state index contributed by atoms with van der Waals surface area (Å²) in [5, 5.41) is 8.87. The maximum atomic E-state index is 13.6. The van der Waals surface area contributed by atoms with Gasteiger partial charge in [0.05, 0.1) is 30.9 Å². The minimum atomic E-state index is -0.547. The second-order valence-electron chi connectivity index (χ2n) is 8.24. The predicted molar refractivity (Wildman–Crippen MR) is 131 cm³/mol. The second-order valence-corrected chi connectivity index (χ2v) is 8.24. The molecule has 182 valence electrons. The number of hydrogen-bond acceptors (Lipinski definition) is 6. The lowest BCUT2D eigenvalue weighted by Gasteiger charge is -2.32. The minimum Gasteiger partial charge on any atom is -0.479 e. The fourth-order valence-electron chi connectivity index (χ4n) is 4.18. The van der Waals surface area contributed by atoms with E-state index in [1.165, 1.54) is 12.1 Å². The normalized spacial score (nSPS) is 11.9. The SMILES string of the molecule is CC[C@@H](c1ccc(F)cc1)N(CCF)c1nnc(-c2ccc(-n3cnc(C)c3)c(OC)n2)cc1C. The summed E-state index contributed by atoms with van der Waals surface area (Å²) in [6, 6.07) is 11.8. The Balaban J connectivity index is 1.68. The smallest absolute Gasteiger partial charge is 0.238 e. The van der Waals surface area contributed by atoms with E-state index in [0.717, 1.165) is 22.5 Å². The number of anilines is 1. The van der Waals surface area contributed by atoms with Crippen LogP contribution in [0.15, 0.2) is 55.0 Å². The lowest BCUT2D eigenvalue weighted by atomic mass is 10.0. The van der Waals surface area contributed by atoms with Crippen LogP contribution >= 0.6 is 0 Å².